The summed E-state index contributed by atoms with van der Waals surface area (Å²) in [6, 6.07) is 19.8. The molecule has 4 heterocycles. The van der Waals surface area contributed by atoms with Crippen molar-refractivity contribution in [2.45, 2.75) is 55.4 Å². The van der Waals surface area contributed by atoms with Gasteiger partial charge < -0.3 is 71.9 Å². The molecule has 0 N–H and O–H groups in total. The maximum atomic E-state index is 5.23. The van der Waals surface area contributed by atoms with Gasteiger partial charge in [0.05, 0.1) is 6.67 Å². The molecule has 0 amide bonds. The maximum Gasteiger partial charge on any atom is 0.235 e. The van der Waals surface area contributed by atoms with Gasteiger partial charge in [-0.2, -0.15) is 59.8 Å². The van der Waals surface area contributed by atoms with Gasteiger partial charge >= 0.3 is 0 Å². The number of methoxy groups -OCH3 is 10. The number of aromatic nitrogens is 12. The Morgan fingerprint density at radius 2 is 0.376 bits per heavy atom. The Morgan fingerprint density at radius 3 is 0.570 bits per heavy atom. The molecule has 6 rings (SSSR count). The number of hydrogen-bond donors (Lipinski definition) is 0. The van der Waals surface area contributed by atoms with E-state index in [9.17, 15) is 0 Å². The SMILES string of the molecule is CCN(CC)c1nc(-c2ccccc2)nc(N(CC)CN(CC)c2nc(N(CC)CC)nc(N(CC)CC)n2)n1.COCN(COC)c1nc(-c2ccccc2)nc(N(COC)COC)n1.COCN(COC)c1nc(N(COC)COC)nc(N(COC)COC)n1. The highest BCUT2D eigenvalue weighted by Gasteiger charge is 2.25. The molecule has 0 atom stereocenters. The highest BCUT2D eigenvalue weighted by atomic mass is 16.5. The van der Waals surface area contributed by atoms with E-state index in [0.29, 0.717) is 84.3 Å². The Morgan fingerprint density at radius 1 is 0.215 bits per heavy atom. The van der Waals surface area contributed by atoms with Gasteiger partial charge in [-0.15, -0.1) is 0 Å². The summed E-state index contributed by atoms with van der Waals surface area (Å²) >= 11 is 0. The van der Waals surface area contributed by atoms with Crippen LogP contribution in [0.25, 0.3) is 22.8 Å². The molecule has 4 aromatic heterocycles. The molecule has 0 spiro atoms. The summed E-state index contributed by atoms with van der Waals surface area (Å²) in [7, 11) is 15.9. The fourth-order valence-electron chi connectivity index (χ4n) is 8.90. The lowest BCUT2D eigenvalue weighted by molar-refractivity contribution is 0.134. The van der Waals surface area contributed by atoms with Crippen molar-refractivity contribution in [1.82, 2.24) is 59.8 Å². The number of nitrogens with zero attached hydrogens (tertiary/aromatic N) is 22. The molecule has 0 bridgehead atoms. The normalized spacial score (nSPS) is 10.9. The second-order valence-corrected chi connectivity index (χ2v) is 20.0. The van der Waals surface area contributed by atoms with Gasteiger partial charge in [0.2, 0.25) is 59.5 Å². The highest BCUT2D eigenvalue weighted by molar-refractivity contribution is 5.60. The third-order valence-electron chi connectivity index (χ3n) is 13.6. The van der Waals surface area contributed by atoms with Crippen LogP contribution < -0.4 is 49.0 Å². The molecule has 0 aliphatic rings. The minimum Gasteiger partial charge on any atom is -0.364 e. The number of rotatable bonds is 42. The van der Waals surface area contributed by atoms with E-state index in [0.717, 1.165) is 56.9 Å². The van der Waals surface area contributed by atoms with E-state index >= 15 is 0 Å². The van der Waals surface area contributed by atoms with Crippen LogP contribution >= 0.6 is 0 Å². The molecular formula is C61H102N22O10. The minimum absolute atomic E-state index is 0.236. The van der Waals surface area contributed by atoms with Crippen LogP contribution in [0.1, 0.15) is 55.4 Å². The van der Waals surface area contributed by atoms with Gasteiger partial charge in [0.1, 0.15) is 67.3 Å². The Kier molecular flexibility index (Phi) is 36.5. The Bertz CT molecular complexity index is 2770. The lowest BCUT2D eigenvalue weighted by atomic mass is 10.2. The molecule has 0 fully saturated rings. The summed E-state index contributed by atoms with van der Waals surface area (Å²) in [6.07, 6.45) is 0. The topological polar surface area (TPSA) is 279 Å². The van der Waals surface area contributed by atoms with Gasteiger partial charge in [0.25, 0.3) is 0 Å². The first kappa shape index (κ1) is 77.5. The Labute approximate surface area is 550 Å². The highest BCUT2D eigenvalue weighted by Crippen LogP contribution is 2.26. The largest absolute Gasteiger partial charge is 0.364 e. The van der Waals surface area contributed by atoms with E-state index in [1.54, 1.807) is 95.6 Å². The standard InChI is InChI=1S/C29H47N11.C17H25N5O4.C15H30N6O6/c1-9-36(10-2)25-30-24(23-20-18-17-19-21-23)31-26(32-25)39(15-7)22-40(16-8)29-34-27(37(11-3)12-4)33-28(35-29)38(13-5)14-6;1-23-10-21(11-24-2)16-18-15(14-8-6-5-7-9-14)19-17(20-16)22(12-25-3)13-26-4;1-22-7-19(8-23-2)13-16-14(20(9-24-3)10-25-4)18-15(17-13)21(11-26-5)12-27-6/h17-21H,9-16,22H2,1-8H3;5-9H,10-13H2,1-4H3;7-12H2,1-6H3. The summed E-state index contributed by atoms with van der Waals surface area (Å²) < 4.78 is 52.3. The molecule has 0 unspecified atom stereocenters. The van der Waals surface area contributed by atoms with Crippen molar-refractivity contribution < 1.29 is 47.4 Å². The van der Waals surface area contributed by atoms with Gasteiger partial charge in [-0.3, -0.25) is 24.5 Å². The minimum atomic E-state index is 0.236. The number of benzene rings is 2. The Balaban J connectivity index is 0.000000308. The first-order valence-electron chi connectivity index (χ1n) is 30.9. The first-order chi connectivity index (χ1) is 45.3. The van der Waals surface area contributed by atoms with E-state index < -0.39 is 0 Å². The molecule has 0 saturated carbocycles. The third kappa shape index (κ3) is 23.9. The van der Waals surface area contributed by atoms with Crippen LogP contribution in [0.2, 0.25) is 0 Å². The van der Waals surface area contributed by atoms with Gasteiger partial charge in [0.15, 0.2) is 11.6 Å². The van der Waals surface area contributed by atoms with Crippen LogP contribution in [0.4, 0.5) is 59.5 Å². The molecule has 0 saturated heterocycles. The smallest absolute Gasteiger partial charge is 0.235 e. The van der Waals surface area contributed by atoms with Crippen molar-refractivity contribution >= 4 is 59.5 Å². The van der Waals surface area contributed by atoms with Crippen molar-refractivity contribution in [1.29, 1.82) is 0 Å². The van der Waals surface area contributed by atoms with Gasteiger partial charge in [0, 0.05) is 135 Å². The summed E-state index contributed by atoms with van der Waals surface area (Å²) in [5.41, 5.74) is 1.84. The average Bonchev–Trinajstić information content (AvgIpc) is 1.16. The van der Waals surface area contributed by atoms with Crippen molar-refractivity contribution in [2.75, 3.05) is 246 Å². The van der Waals surface area contributed by atoms with Crippen molar-refractivity contribution in [3.63, 3.8) is 0 Å². The van der Waals surface area contributed by atoms with Crippen molar-refractivity contribution in [3.8, 4) is 22.8 Å². The van der Waals surface area contributed by atoms with Crippen LogP contribution in [0.3, 0.4) is 0 Å². The monoisotopic (exact) mass is 1300 g/mol. The van der Waals surface area contributed by atoms with Crippen LogP contribution in [-0.2, 0) is 47.4 Å². The zero-order valence-corrected chi connectivity index (χ0v) is 58.1. The fourth-order valence-corrected chi connectivity index (χ4v) is 8.90. The Hall–Kier alpha value is -7.92. The van der Waals surface area contributed by atoms with Crippen LogP contribution in [0.5, 0.6) is 0 Å². The molecule has 0 radical (unpaired) electrons. The van der Waals surface area contributed by atoms with Gasteiger partial charge in [-0.25, -0.2) is 0 Å². The van der Waals surface area contributed by atoms with Crippen LogP contribution in [0, 0.1) is 0 Å². The molecule has 2 aromatic carbocycles. The quantitative estimate of drug-likeness (QED) is 0.0394. The number of anilines is 10. The van der Waals surface area contributed by atoms with Crippen LogP contribution in [-0.4, -0.2) is 257 Å². The van der Waals surface area contributed by atoms with E-state index in [4.69, 9.17) is 77.3 Å². The van der Waals surface area contributed by atoms with E-state index in [2.05, 4.69) is 110 Å². The predicted molar refractivity (Wildman–Crippen MR) is 363 cm³/mol. The van der Waals surface area contributed by atoms with Crippen LogP contribution in [0.15, 0.2) is 60.7 Å². The molecule has 32 nitrogen and oxygen atoms in total. The maximum absolute atomic E-state index is 5.23. The molecule has 516 valence electrons. The van der Waals surface area contributed by atoms with Crippen molar-refractivity contribution in [2.24, 2.45) is 0 Å². The molecule has 32 heteroatoms. The summed E-state index contributed by atoms with van der Waals surface area (Å²) in [6.45, 7) is 26.4. The van der Waals surface area contributed by atoms with E-state index in [-0.39, 0.29) is 67.3 Å². The number of hydrogen-bond acceptors (Lipinski definition) is 32. The molecule has 6 aromatic rings. The lowest BCUT2D eigenvalue weighted by Gasteiger charge is -2.31. The zero-order chi connectivity index (χ0) is 67.9. The summed E-state index contributed by atoms with van der Waals surface area (Å²) in [5, 5.41) is 0. The summed E-state index contributed by atoms with van der Waals surface area (Å²) in [5.74, 6) is 6.58. The van der Waals surface area contributed by atoms with E-state index in [1.807, 2.05) is 60.7 Å². The molecule has 0 aliphatic carbocycles. The van der Waals surface area contributed by atoms with Gasteiger partial charge in [-0.1, -0.05) is 60.7 Å². The molecular weight excluding hydrogens is 1200 g/mol. The second kappa shape index (κ2) is 43.8. The average molecular weight is 1300 g/mol. The molecule has 0 aliphatic heterocycles. The third-order valence-corrected chi connectivity index (χ3v) is 13.6. The number of ether oxygens (including phenoxy) is 10. The molecule has 93 heavy (non-hydrogen) atoms. The van der Waals surface area contributed by atoms with Gasteiger partial charge in [-0.05, 0) is 55.4 Å². The second-order valence-electron chi connectivity index (χ2n) is 20.0. The first-order valence-corrected chi connectivity index (χ1v) is 30.9. The zero-order valence-electron chi connectivity index (χ0n) is 58.1. The summed E-state index contributed by atoms with van der Waals surface area (Å²) in [4.78, 5) is 76.1. The predicted octanol–water partition coefficient (Wildman–Crippen LogP) is 6.05. The fraction of sp³-hybridized carbons (Fsp3) is 0.607. The van der Waals surface area contributed by atoms with E-state index in [1.165, 1.54) is 0 Å². The lowest BCUT2D eigenvalue weighted by Crippen LogP contribution is -2.41. The van der Waals surface area contributed by atoms with Crippen molar-refractivity contribution in [3.05, 3.63) is 60.7 Å².